The Morgan fingerprint density at radius 2 is 1.58 bits per heavy atom. The number of imidazole rings is 1. The van der Waals surface area contributed by atoms with Crippen molar-refractivity contribution in [2.45, 2.75) is 20.8 Å². The van der Waals surface area contributed by atoms with Gasteiger partial charge in [-0.25, -0.2) is 4.98 Å². The molecule has 0 spiro atoms. The molecule has 12 heavy (non-hydrogen) atoms. The average molecular weight is 161 g/mol. The van der Waals surface area contributed by atoms with Crippen molar-refractivity contribution < 1.29 is 0 Å². The standard InChI is InChI=1S/C9H11N3/c1-6-4-12-5-7(2)11-9(12)8(3)10-6/h4-5H,1-3H3. The fourth-order valence-corrected chi connectivity index (χ4v) is 1.43. The number of fused-ring (bicyclic) bond motifs is 1. The van der Waals surface area contributed by atoms with Crippen molar-refractivity contribution in [3.05, 3.63) is 29.5 Å². The van der Waals surface area contributed by atoms with E-state index in [1.165, 1.54) is 0 Å². The number of aromatic nitrogens is 3. The monoisotopic (exact) mass is 161 g/mol. The van der Waals surface area contributed by atoms with E-state index in [4.69, 9.17) is 0 Å². The quantitative estimate of drug-likeness (QED) is 0.588. The highest BCUT2D eigenvalue weighted by molar-refractivity contribution is 5.44. The number of aryl methyl sites for hydroxylation is 3. The van der Waals surface area contributed by atoms with E-state index < -0.39 is 0 Å². The molecule has 0 amide bonds. The van der Waals surface area contributed by atoms with E-state index in [2.05, 4.69) is 9.97 Å². The SMILES string of the molecule is Cc1cn2cc(C)nc2c(C)n1. The molecule has 0 fully saturated rings. The molecule has 62 valence electrons. The van der Waals surface area contributed by atoms with Crippen LogP contribution in [-0.2, 0) is 0 Å². The summed E-state index contributed by atoms with van der Waals surface area (Å²) in [5.74, 6) is 0. The second-order valence-electron chi connectivity index (χ2n) is 3.08. The van der Waals surface area contributed by atoms with Crippen molar-refractivity contribution in [3.63, 3.8) is 0 Å². The maximum atomic E-state index is 4.35. The van der Waals surface area contributed by atoms with E-state index in [9.17, 15) is 0 Å². The Kier molecular flexibility index (Phi) is 1.40. The van der Waals surface area contributed by atoms with Crippen molar-refractivity contribution in [2.75, 3.05) is 0 Å². The van der Waals surface area contributed by atoms with Crippen LogP contribution in [0.3, 0.4) is 0 Å². The maximum absolute atomic E-state index is 4.35. The second kappa shape index (κ2) is 2.30. The molecule has 0 aliphatic carbocycles. The van der Waals surface area contributed by atoms with E-state index in [0.29, 0.717) is 0 Å². The molecule has 0 saturated carbocycles. The Labute approximate surface area is 71.1 Å². The Morgan fingerprint density at radius 1 is 1.00 bits per heavy atom. The van der Waals surface area contributed by atoms with Crippen molar-refractivity contribution in [1.82, 2.24) is 14.4 Å². The van der Waals surface area contributed by atoms with Gasteiger partial charge in [-0.05, 0) is 20.8 Å². The van der Waals surface area contributed by atoms with E-state index in [1.807, 2.05) is 37.6 Å². The fourth-order valence-electron chi connectivity index (χ4n) is 1.43. The van der Waals surface area contributed by atoms with Gasteiger partial charge in [-0.3, -0.25) is 4.98 Å². The largest absolute Gasteiger partial charge is 0.304 e. The van der Waals surface area contributed by atoms with Gasteiger partial charge in [0, 0.05) is 12.4 Å². The summed E-state index contributed by atoms with van der Waals surface area (Å²) in [7, 11) is 0. The van der Waals surface area contributed by atoms with E-state index in [1.54, 1.807) is 0 Å². The summed E-state index contributed by atoms with van der Waals surface area (Å²) in [6.07, 6.45) is 4.00. The summed E-state index contributed by atoms with van der Waals surface area (Å²) in [6, 6.07) is 0. The molecule has 0 aromatic carbocycles. The van der Waals surface area contributed by atoms with Crippen molar-refractivity contribution in [1.29, 1.82) is 0 Å². The number of nitrogens with zero attached hydrogens (tertiary/aromatic N) is 3. The molecule has 0 N–H and O–H groups in total. The van der Waals surface area contributed by atoms with Crippen molar-refractivity contribution >= 4 is 5.65 Å². The summed E-state index contributed by atoms with van der Waals surface area (Å²) in [4.78, 5) is 8.69. The highest BCUT2D eigenvalue weighted by Gasteiger charge is 2.01. The Morgan fingerprint density at radius 3 is 2.25 bits per heavy atom. The molecule has 2 aromatic rings. The first-order valence-electron chi connectivity index (χ1n) is 3.96. The molecule has 0 atom stereocenters. The van der Waals surface area contributed by atoms with Crippen LogP contribution in [-0.4, -0.2) is 14.4 Å². The molecule has 0 saturated heterocycles. The molecule has 2 aromatic heterocycles. The molecule has 2 heterocycles. The third kappa shape index (κ3) is 0.978. The van der Waals surface area contributed by atoms with Gasteiger partial charge in [-0.15, -0.1) is 0 Å². The summed E-state index contributed by atoms with van der Waals surface area (Å²) < 4.78 is 2.02. The maximum Gasteiger partial charge on any atom is 0.158 e. The van der Waals surface area contributed by atoms with Crippen LogP contribution in [0.25, 0.3) is 5.65 Å². The topological polar surface area (TPSA) is 30.2 Å². The van der Waals surface area contributed by atoms with Crippen LogP contribution in [0.2, 0.25) is 0 Å². The lowest BCUT2D eigenvalue weighted by Gasteiger charge is -1.98. The molecule has 0 aliphatic rings. The molecular formula is C9H11N3. The molecule has 0 radical (unpaired) electrons. The first kappa shape index (κ1) is 7.28. The zero-order valence-electron chi connectivity index (χ0n) is 7.50. The smallest absolute Gasteiger partial charge is 0.158 e. The lowest BCUT2D eigenvalue weighted by Crippen LogP contribution is -1.93. The van der Waals surface area contributed by atoms with Gasteiger partial charge in [-0.1, -0.05) is 0 Å². The van der Waals surface area contributed by atoms with Crippen molar-refractivity contribution in [2.24, 2.45) is 0 Å². The second-order valence-corrected chi connectivity index (χ2v) is 3.08. The Bertz CT molecular complexity index is 429. The van der Waals surface area contributed by atoms with Gasteiger partial charge in [0.2, 0.25) is 0 Å². The first-order valence-corrected chi connectivity index (χ1v) is 3.96. The Hall–Kier alpha value is -1.38. The first-order chi connectivity index (χ1) is 5.66. The third-order valence-corrected chi connectivity index (χ3v) is 1.85. The predicted octanol–water partition coefficient (Wildman–Crippen LogP) is 1.65. The van der Waals surface area contributed by atoms with Gasteiger partial charge >= 0.3 is 0 Å². The summed E-state index contributed by atoms with van der Waals surface area (Å²) in [5.41, 5.74) is 4.00. The van der Waals surface area contributed by atoms with Gasteiger partial charge in [0.1, 0.15) is 0 Å². The molecule has 0 bridgehead atoms. The molecule has 3 heteroatoms. The number of rotatable bonds is 0. The van der Waals surface area contributed by atoms with Gasteiger partial charge in [0.25, 0.3) is 0 Å². The molecular weight excluding hydrogens is 150 g/mol. The van der Waals surface area contributed by atoms with E-state index in [-0.39, 0.29) is 0 Å². The van der Waals surface area contributed by atoms with Crippen LogP contribution in [0.1, 0.15) is 17.1 Å². The summed E-state index contributed by atoms with van der Waals surface area (Å²) in [6.45, 7) is 5.96. The zero-order valence-corrected chi connectivity index (χ0v) is 7.50. The highest BCUT2D eigenvalue weighted by Crippen LogP contribution is 2.08. The molecule has 0 unspecified atom stereocenters. The minimum Gasteiger partial charge on any atom is -0.304 e. The highest BCUT2D eigenvalue weighted by atomic mass is 15.0. The van der Waals surface area contributed by atoms with Crippen LogP contribution in [0.5, 0.6) is 0 Å². The molecule has 0 aliphatic heterocycles. The van der Waals surface area contributed by atoms with Crippen LogP contribution >= 0.6 is 0 Å². The normalized spacial score (nSPS) is 10.9. The Balaban J connectivity index is 2.88. The minimum absolute atomic E-state index is 0.957. The minimum atomic E-state index is 0.957. The summed E-state index contributed by atoms with van der Waals surface area (Å²) >= 11 is 0. The van der Waals surface area contributed by atoms with Crippen LogP contribution < -0.4 is 0 Å². The van der Waals surface area contributed by atoms with Crippen LogP contribution in [0.4, 0.5) is 0 Å². The van der Waals surface area contributed by atoms with Crippen molar-refractivity contribution in [3.8, 4) is 0 Å². The van der Waals surface area contributed by atoms with Gasteiger partial charge in [0.05, 0.1) is 17.1 Å². The van der Waals surface area contributed by atoms with Crippen LogP contribution in [0, 0.1) is 20.8 Å². The van der Waals surface area contributed by atoms with E-state index in [0.717, 1.165) is 22.7 Å². The fraction of sp³-hybridized carbons (Fsp3) is 0.333. The number of hydrogen-bond acceptors (Lipinski definition) is 2. The van der Waals surface area contributed by atoms with Gasteiger partial charge < -0.3 is 4.40 Å². The van der Waals surface area contributed by atoms with Gasteiger partial charge in [-0.2, -0.15) is 0 Å². The lowest BCUT2D eigenvalue weighted by atomic mass is 10.4. The molecule has 2 rings (SSSR count). The van der Waals surface area contributed by atoms with E-state index >= 15 is 0 Å². The predicted molar refractivity (Wildman–Crippen MR) is 47.2 cm³/mol. The number of hydrogen-bond donors (Lipinski definition) is 0. The van der Waals surface area contributed by atoms with Crippen LogP contribution in [0.15, 0.2) is 12.4 Å². The third-order valence-electron chi connectivity index (χ3n) is 1.85. The molecule has 3 nitrogen and oxygen atoms in total. The lowest BCUT2D eigenvalue weighted by molar-refractivity contribution is 1.03. The zero-order chi connectivity index (χ0) is 8.72. The summed E-state index contributed by atoms with van der Waals surface area (Å²) in [5, 5.41) is 0. The van der Waals surface area contributed by atoms with Gasteiger partial charge in [0.15, 0.2) is 5.65 Å². The average Bonchev–Trinajstić information content (AvgIpc) is 2.29.